The van der Waals surface area contributed by atoms with Crippen LogP contribution in [0, 0.1) is 5.92 Å². The number of hydrogen-bond donors (Lipinski definition) is 1. The van der Waals surface area contributed by atoms with E-state index in [9.17, 15) is 4.79 Å². The molecule has 1 saturated carbocycles. The number of rotatable bonds is 4. The Kier molecular flexibility index (Phi) is 3.98. The van der Waals surface area contributed by atoms with Gasteiger partial charge in [-0.1, -0.05) is 12.8 Å². The van der Waals surface area contributed by atoms with Gasteiger partial charge < -0.3 is 10.5 Å². The van der Waals surface area contributed by atoms with Crippen molar-refractivity contribution in [1.29, 1.82) is 0 Å². The summed E-state index contributed by atoms with van der Waals surface area (Å²) >= 11 is 0. The summed E-state index contributed by atoms with van der Waals surface area (Å²) in [4.78, 5) is 12.0. The van der Waals surface area contributed by atoms with Gasteiger partial charge in [-0.05, 0) is 31.6 Å². The monoisotopic (exact) mass is 225 g/mol. The first kappa shape index (κ1) is 12.1. The maximum absolute atomic E-state index is 12.0. The summed E-state index contributed by atoms with van der Waals surface area (Å²) in [6.07, 6.45) is 7.88. The predicted molar refractivity (Wildman–Crippen MR) is 63.2 cm³/mol. The summed E-state index contributed by atoms with van der Waals surface area (Å²) in [5.41, 5.74) is 6.06. The van der Waals surface area contributed by atoms with E-state index in [1.165, 1.54) is 12.8 Å². The van der Waals surface area contributed by atoms with Crippen LogP contribution in [0.2, 0.25) is 0 Å². The fourth-order valence-corrected chi connectivity index (χ4v) is 2.99. The second-order valence-corrected chi connectivity index (χ2v) is 5.54. The summed E-state index contributed by atoms with van der Waals surface area (Å²) in [5.74, 6) is 0.919. The molecular weight excluding hydrogens is 202 g/mol. The van der Waals surface area contributed by atoms with E-state index in [2.05, 4.69) is 0 Å². The van der Waals surface area contributed by atoms with E-state index in [4.69, 9.17) is 10.5 Å². The van der Waals surface area contributed by atoms with Gasteiger partial charge in [0, 0.05) is 31.6 Å². The molecule has 2 N–H and O–H groups in total. The third-order valence-corrected chi connectivity index (χ3v) is 4.01. The van der Waals surface area contributed by atoms with Gasteiger partial charge in [-0.3, -0.25) is 4.79 Å². The van der Waals surface area contributed by atoms with Crippen molar-refractivity contribution in [2.24, 2.45) is 11.7 Å². The third kappa shape index (κ3) is 3.29. The normalized spacial score (nSPS) is 25.8. The van der Waals surface area contributed by atoms with Crippen LogP contribution < -0.4 is 5.73 Å². The minimum atomic E-state index is -0.164. The van der Waals surface area contributed by atoms with Crippen molar-refractivity contribution >= 4 is 5.78 Å². The average Bonchev–Trinajstić information content (AvgIpc) is 2.66. The summed E-state index contributed by atoms with van der Waals surface area (Å²) in [5, 5.41) is 0. The number of ether oxygens (including phenoxy) is 1. The Morgan fingerprint density at radius 2 is 1.88 bits per heavy atom. The van der Waals surface area contributed by atoms with E-state index in [1.807, 2.05) is 0 Å². The van der Waals surface area contributed by atoms with Crippen molar-refractivity contribution < 1.29 is 9.53 Å². The van der Waals surface area contributed by atoms with Crippen molar-refractivity contribution in [3.63, 3.8) is 0 Å². The van der Waals surface area contributed by atoms with Crippen molar-refractivity contribution in [3.05, 3.63) is 0 Å². The molecule has 1 aliphatic carbocycles. The zero-order chi connectivity index (χ0) is 11.4. The van der Waals surface area contributed by atoms with Crippen LogP contribution >= 0.6 is 0 Å². The first-order chi connectivity index (χ1) is 7.68. The molecule has 2 aliphatic rings. The molecule has 92 valence electrons. The molecule has 0 unspecified atom stereocenters. The molecule has 0 aromatic carbocycles. The first-order valence-electron chi connectivity index (χ1n) is 6.56. The smallest absolute Gasteiger partial charge is 0.135 e. The predicted octanol–water partition coefficient (Wildman–Crippen LogP) is 2.03. The SMILES string of the molecule is NC1(CC(=O)CC2CCOCC2)CCCC1. The van der Waals surface area contributed by atoms with Crippen LogP contribution in [0.5, 0.6) is 0 Å². The summed E-state index contributed by atoms with van der Waals surface area (Å²) in [6.45, 7) is 1.65. The van der Waals surface area contributed by atoms with Gasteiger partial charge in [0.05, 0.1) is 0 Å². The quantitative estimate of drug-likeness (QED) is 0.796. The molecule has 0 atom stereocenters. The van der Waals surface area contributed by atoms with Gasteiger partial charge in [0.2, 0.25) is 0 Å². The van der Waals surface area contributed by atoms with E-state index in [0.717, 1.165) is 45.3 Å². The summed E-state index contributed by atoms with van der Waals surface area (Å²) in [6, 6.07) is 0. The van der Waals surface area contributed by atoms with Crippen LogP contribution in [-0.4, -0.2) is 24.5 Å². The largest absolute Gasteiger partial charge is 0.381 e. The second kappa shape index (κ2) is 5.28. The van der Waals surface area contributed by atoms with Gasteiger partial charge in [0.1, 0.15) is 5.78 Å². The highest BCUT2D eigenvalue weighted by molar-refractivity contribution is 5.79. The minimum absolute atomic E-state index is 0.164. The number of carbonyl (C=O) groups excluding carboxylic acids is 1. The summed E-state index contributed by atoms with van der Waals surface area (Å²) < 4.78 is 5.30. The van der Waals surface area contributed by atoms with Crippen molar-refractivity contribution in [2.75, 3.05) is 13.2 Å². The maximum atomic E-state index is 12.0. The number of hydrogen-bond acceptors (Lipinski definition) is 3. The van der Waals surface area contributed by atoms with E-state index in [1.54, 1.807) is 0 Å². The molecule has 16 heavy (non-hydrogen) atoms. The van der Waals surface area contributed by atoms with Crippen LogP contribution in [0.3, 0.4) is 0 Å². The molecule has 0 aromatic rings. The molecule has 0 amide bonds. The molecule has 2 rings (SSSR count). The molecule has 0 radical (unpaired) electrons. The van der Waals surface area contributed by atoms with Gasteiger partial charge in [-0.15, -0.1) is 0 Å². The Morgan fingerprint density at radius 1 is 1.25 bits per heavy atom. The zero-order valence-corrected chi connectivity index (χ0v) is 10.0. The van der Waals surface area contributed by atoms with Gasteiger partial charge in [0.15, 0.2) is 0 Å². The number of carbonyl (C=O) groups is 1. The number of ketones is 1. The maximum Gasteiger partial charge on any atom is 0.135 e. The van der Waals surface area contributed by atoms with E-state index in [0.29, 0.717) is 18.1 Å². The second-order valence-electron chi connectivity index (χ2n) is 5.54. The number of nitrogens with two attached hydrogens (primary N) is 1. The third-order valence-electron chi connectivity index (χ3n) is 4.01. The molecule has 0 bridgehead atoms. The Hall–Kier alpha value is -0.410. The van der Waals surface area contributed by atoms with Crippen LogP contribution in [0.15, 0.2) is 0 Å². The van der Waals surface area contributed by atoms with Gasteiger partial charge >= 0.3 is 0 Å². The minimum Gasteiger partial charge on any atom is -0.381 e. The molecule has 1 aliphatic heterocycles. The van der Waals surface area contributed by atoms with E-state index in [-0.39, 0.29) is 5.54 Å². The Balaban J connectivity index is 1.74. The summed E-state index contributed by atoms with van der Waals surface area (Å²) in [7, 11) is 0. The molecule has 1 heterocycles. The van der Waals surface area contributed by atoms with Crippen molar-refractivity contribution in [1.82, 2.24) is 0 Å². The highest BCUT2D eigenvalue weighted by atomic mass is 16.5. The lowest BCUT2D eigenvalue weighted by Gasteiger charge is -2.25. The van der Waals surface area contributed by atoms with Gasteiger partial charge in [-0.2, -0.15) is 0 Å². The molecule has 1 saturated heterocycles. The highest BCUT2D eigenvalue weighted by Gasteiger charge is 2.32. The molecule has 0 spiro atoms. The molecular formula is C13H23NO2. The lowest BCUT2D eigenvalue weighted by atomic mass is 9.87. The van der Waals surface area contributed by atoms with Crippen molar-refractivity contribution in [3.8, 4) is 0 Å². The zero-order valence-electron chi connectivity index (χ0n) is 10.0. The van der Waals surface area contributed by atoms with E-state index < -0.39 is 0 Å². The molecule has 2 fully saturated rings. The van der Waals surface area contributed by atoms with Gasteiger partial charge in [-0.25, -0.2) is 0 Å². The topological polar surface area (TPSA) is 52.3 Å². The van der Waals surface area contributed by atoms with Crippen LogP contribution in [0.4, 0.5) is 0 Å². The van der Waals surface area contributed by atoms with E-state index >= 15 is 0 Å². The lowest BCUT2D eigenvalue weighted by molar-refractivity contribution is -0.121. The average molecular weight is 225 g/mol. The Bertz CT molecular complexity index is 240. The first-order valence-corrected chi connectivity index (χ1v) is 6.56. The van der Waals surface area contributed by atoms with Crippen LogP contribution in [-0.2, 0) is 9.53 Å². The van der Waals surface area contributed by atoms with Crippen LogP contribution in [0.1, 0.15) is 51.4 Å². The Labute approximate surface area is 97.7 Å². The fourth-order valence-electron chi connectivity index (χ4n) is 2.99. The van der Waals surface area contributed by atoms with Gasteiger partial charge in [0.25, 0.3) is 0 Å². The lowest BCUT2D eigenvalue weighted by Crippen LogP contribution is -2.39. The molecule has 3 nitrogen and oxygen atoms in total. The molecule has 3 heteroatoms. The van der Waals surface area contributed by atoms with Crippen molar-refractivity contribution in [2.45, 2.75) is 56.9 Å². The molecule has 0 aromatic heterocycles. The fraction of sp³-hybridized carbons (Fsp3) is 0.923. The van der Waals surface area contributed by atoms with Crippen LogP contribution in [0.25, 0.3) is 0 Å². The standard InChI is InChI=1S/C13H23NO2/c14-13(5-1-2-6-13)10-12(15)9-11-3-7-16-8-4-11/h11H,1-10,14H2. The Morgan fingerprint density at radius 3 is 2.50 bits per heavy atom. The number of Topliss-reactive ketones (excluding diaryl/α,β-unsaturated/α-hetero) is 1. The highest BCUT2D eigenvalue weighted by Crippen LogP contribution is 2.31.